The van der Waals surface area contributed by atoms with Gasteiger partial charge >= 0.3 is 0 Å². The van der Waals surface area contributed by atoms with Crippen molar-refractivity contribution in [1.82, 2.24) is 9.21 Å². The van der Waals surface area contributed by atoms with E-state index in [2.05, 4.69) is 0 Å². The first-order chi connectivity index (χ1) is 8.57. The van der Waals surface area contributed by atoms with Gasteiger partial charge in [0.05, 0.1) is 11.4 Å². The number of rotatable bonds is 4. The van der Waals surface area contributed by atoms with Crippen molar-refractivity contribution in [2.75, 3.05) is 19.6 Å². The van der Waals surface area contributed by atoms with Gasteiger partial charge in [0.15, 0.2) is 0 Å². The fraction of sp³-hybridized carbons (Fsp3) is 0.417. The van der Waals surface area contributed by atoms with Gasteiger partial charge in [-0.05, 0) is 18.6 Å². The molecule has 1 aromatic rings. The average molecular weight is 267 g/mol. The van der Waals surface area contributed by atoms with Crippen LogP contribution in [0.4, 0.5) is 0 Å². The molecular formula is C12H17N3O2S. The van der Waals surface area contributed by atoms with Crippen molar-refractivity contribution in [2.45, 2.75) is 18.2 Å². The standard InChI is InChI=1S/C12H17N3O2S/c1-2-8-14-9-10-15(12(14)13)18(16,17)11-6-4-3-5-7-11/h3-7,13H,2,8-10H2,1H3. The van der Waals surface area contributed by atoms with Gasteiger partial charge in [0, 0.05) is 13.1 Å². The SMILES string of the molecule is CCCN1CCN(S(=O)(=O)c2ccccc2)C1=N. The minimum atomic E-state index is -3.57. The second-order valence-corrected chi connectivity index (χ2v) is 6.06. The van der Waals surface area contributed by atoms with Crippen molar-refractivity contribution in [3.05, 3.63) is 30.3 Å². The summed E-state index contributed by atoms with van der Waals surface area (Å²) in [7, 11) is -3.57. The fourth-order valence-electron chi connectivity index (χ4n) is 2.02. The third-order valence-electron chi connectivity index (χ3n) is 2.93. The first-order valence-electron chi connectivity index (χ1n) is 5.98. The van der Waals surface area contributed by atoms with Crippen molar-refractivity contribution in [3.63, 3.8) is 0 Å². The van der Waals surface area contributed by atoms with Gasteiger partial charge < -0.3 is 4.90 Å². The molecule has 1 fully saturated rings. The van der Waals surface area contributed by atoms with Crippen LogP contribution >= 0.6 is 0 Å². The number of sulfonamides is 1. The van der Waals surface area contributed by atoms with Crippen LogP contribution in [-0.2, 0) is 10.0 Å². The minimum Gasteiger partial charge on any atom is -0.340 e. The smallest absolute Gasteiger partial charge is 0.266 e. The third-order valence-corrected chi connectivity index (χ3v) is 4.74. The predicted octanol–water partition coefficient (Wildman–Crippen LogP) is 1.34. The van der Waals surface area contributed by atoms with Crippen LogP contribution in [0.2, 0.25) is 0 Å². The van der Waals surface area contributed by atoms with Gasteiger partial charge in [-0.2, -0.15) is 0 Å². The van der Waals surface area contributed by atoms with Gasteiger partial charge in [-0.15, -0.1) is 0 Å². The van der Waals surface area contributed by atoms with Gasteiger partial charge in [-0.1, -0.05) is 25.1 Å². The van der Waals surface area contributed by atoms with E-state index in [9.17, 15) is 8.42 Å². The molecule has 0 amide bonds. The normalized spacial score (nSPS) is 16.4. The first-order valence-corrected chi connectivity index (χ1v) is 7.42. The second kappa shape index (κ2) is 4.97. The van der Waals surface area contributed by atoms with E-state index in [1.807, 2.05) is 6.92 Å². The lowest BCUT2D eigenvalue weighted by Gasteiger charge is -2.21. The number of benzene rings is 1. The van der Waals surface area contributed by atoms with Gasteiger partial charge in [0.2, 0.25) is 5.96 Å². The minimum absolute atomic E-state index is 0.0840. The molecule has 0 aliphatic carbocycles. The molecule has 5 nitrogen and oxygen atoms in total. The van der Waals surface area contributed by atoms with Crippen molar-refractivity contribution < 1.29 is 8.42 Å². The Labute approximate surface area is 108 Å². The zero-order valence-corrected chi connectivity index (χ0v) is 11.2. The van der Waals surface area contributed by atoms with Crippen LogP contribution in [0.1, 0.15) is 13.3 Å². The zero-order chi connectivity index (χ0) is 13.2. The number of hydrogen-bond donors (Lipinski definition) is 1. The lowest BCUT2D eigenvalue weighted by molar-refractivity contribution is 0.458. The molecule has 0 radical (unpaired) electrons. The van der Waals surface area contributed by atoms with E-state index in [1.165, 1.54) is 4.31 Å². The highest BCUT2D eigenvalue weighted by molar-refractivity contribution is 7.89. The number of hydrogen-bond acceptors (Lipinski definition) is 3. The lowest BCUT2D eigenvalue weighted by Crippen LogP contribution is -2.37. The maximum Gasteiger partial charge on any atom is 0.266 e. The summed E-state index contributed by atoms with van der Waals surface area (Å²) < 4.78 is 25.9. The summed E-state index contributed by atoms with van der Waals surface area (Å²) in [5.41, 5.74) is 0. The molecule has 0 aromatic heterocycles. The highest BCUT2D eigenvalue weighted by Gasteiger charge is 2.34. The summed E-state index contributed by atoms with van der Waals surface area (Å²) in [6.07, 6.45) is 0.904. The van der Waals surface area contributed by atoms with E-state index in [0.29, 0.717) is 13.1 Å². The summed E-state index contributed by atoms with van der Waals surface area (Å²) in [6.45, 7) is 3.69. The summed E-state index contributed by atoms with van der Waals surface area (Å²) in [6, 6.07) is 8.28. The summed E-state index contributed by atoms with van der Waals surface area (Å²) >= 11 is 0. The zero-order valence-electron chi connectivity index (χ0n) is 10.3. The summed E-state index contributed by atoms with van der Waals surface area (Å²) in [4.78, 5) is 2.04. The molecule has 6 heteroatoms. The molecule has 2 rings (SSSR count). The van der Waals surface area contributed by atoms with E-state index >= 15 is 0 Å². The van der Waals surface area contributed by atoms with Crippen molar-refractivity contribution in [1.29, 1.82) is 5.41 Å². The van der Waals surface area contributed by atoms with Gasteiger partial charge in [-0.3, -0.25) is 5.41 Å². The van der Waals surface area contributed by atoms with Crippen LogP contribution in [0.25, 0.3) is 0 Å². The molecule has 1 heterocycles. The Balaban J connectivity index is 2.25. The largest absolute Gasteiger partial charge is 0.340 e. The molecule has 1 N–H and O–H groups in total. The Morgan fingerprint density at radius 3 is 2.50 bits per heavy atom. The summed E-state index contributed by atoms with van der Waals surface area (Å²) in [5, 5.41) is 7.94. The van der Waals surface area contributed by atoms with Crippen LogP contribution in [0, 0.1) is 5.41 Å². The molecule has 0 bridgehead atoms. The van der Waals surface area contributed by atoms with E-state index < -0.39 is 10.0 Å². The van der Waals surface area contributed by atoms with E-state index in [0.717, 1.165) is 13.0 Å². The molecule has 1 aliphatic rings. The maximum atomic E-state index is 12.4. The molecule has 0 spiro atoms. The monoisotopic (exact) mass is 267 g/mol. The molecule has 1 saturated heterocycles. The van der Waals surface area contributed by atoms with Crippen molar-refractivity contribution in [2.24, 2.45) is 0 Å². The van der Waals surface area contributed by atoms with Gasteiger partial charge in [0.25, 0.3) is 10.0 Å². The molecule has 1 aromatic carbocycles. The maximum absolute atomic E-state index is 12.4. The molecular weight excluding hydrogens is 250 g/mol. The molecule has 1 aliphatic heterocycles. The summed E-state index contributed by atoms with van der Waals surface area (Å²) in [5.74, 6) is 0.0840. The lowest BCUT2D eigenvalue weighted by atomic mass is 10.4. The Hall–Kier alpha value is -1.56. The van der Waals surface area contributed by atoms with Crippen LogP contribution < -0.4 is 0 Å². The molecule has 0 atom stereocenters. The van der Waals surface area contributed by atoms with Gasteiger partial charge in [-0.25, -0.2) is 12.7 Å². The number of nitrogens with zero attached hydrogens (tertiary/aromatic N) is 2. The average Bonchev–Trinajstić information content (AvgIpc) is 2.73. The van der Waals surface area contributed by atoms with Crippen LogP contribution in [0.3, 0.4) is 0 Å². The molecule has 0 unspecified atom stereocenters. The van der Waals surface area contributed by atoms with E-state index in [4.69, 9.17) is 5.41 Å². The van der Waals surface area contributed by atoms with Gasteiger partial charge in [0.1, 0.15) is 0 Å². The highest BCUT2D eigenvalue weighted by atomic mass is 32.2. The Bertz CT molecular complexity index is 528. The Morgan fingerprint density at radius 2 is 1.89 bits per heavy atom. The van der Waals surface area contributed by atoms with E-state index in [1.54, 1.807) is 35.2 Å². The Kier molecular flexibility index (Phi) is 3.56. The molecule has 18 heavy (non-hydrogen) atoms. The molecule has 0 saturated carbocycles. The number of nitrogens with one attached hydrogen (secondary N) is 1. The molecule has 98 valence electrons. The topological polar surface area (TPSA) is 64.5 Å². The van der Waals surface area contributed by atoms with E-state index in [-0.39, 0.29) is 10.9 Å². The van der Waals surface area contributed by atoms with Crippen LogP contribution in [-0.4, -0.2) is 43.2 Å². The highest BCUT2D eigenvalue weighted by Crippen LogP contribution is 2.20. The first kappa shape index (κ1) is 12.9. The second-order valence-electron chi connectivity index (χ2n) is 4.20. The quantitative estimate of drug-likeness (QED) is 0.895. The Morgan fingerprint density at radius 1 is 1.22 bits per heavy atom. The number of guanidine groups is 1. The fourth-order valence-corrected chi connectivity index (χ4v) is 3.44. The van der Waals surface area contributed by atoms with Crippen LogP contribution in [0.5, 0.6) is 0 Å². The van der Waals surface area contributed by atoms with Crippen LogP contribution in [0.15, 0.2) is 35.2 Å². The van der Waals surface area contributed by atoms with Crippen molar-refractivity contribution in [3.8, 4) is 0 Å². The van der Waals surface area contributed by atoms with Crippen molar-refractivity contribution >= 4 is 16.0 Å². The third kappa shape index (κ3) is 2.20. The predicted molar refractivity (Wildman–Crippen MR) is 69.9 cm³/mol.